The van der Waals surface area contributed by atoms with Gasteiger partial charge in [0.25, 0.3) is 5.91 Å². The van der Waals surface area contributed by atoms with Gasteiger partial charge in [0.05, 0.1) is 17.4 Å². The van der Waals surface area contributed by atoms with Crippen LogP contribution in [-0.4, -0.2) is 57.8 Å². The third-order valence-corrected chi connectivity index (χ3v) is 6.11. The van der Waals surface area contributed by atoms with E-state index in [2.05, 4.69) is 31.2 Å². The minimum Gasteiger partial charge on any atom is -0.370 e. The number of aryl methyl sites for hydroxylation is 2. The van der Waals surface area contributed by atoms with Crippen LogP contribution < -0.4 is 5.32 Å². The van der Waals surface area contributed by atoms with Crippen molar-refractivity contribution in [1.29, 1.82) is 0 Å². The van der Waals surface area contributed by atoms with Crippen molar-refractivity contribution in [3.8, 4) is 0 Å². The lowest BCUT2D eigenvalue weighted by molar-refractivity contribution is -0.138. The first kappa shape index (κ1) is 21.8. The number of amides is 2. The molecule has 1 N–H and O–H groups in total. The Morgan fingerprint density at radius 2 is 2.03 bits per heavy atom. The van der Waals surface area contributed by atoms with Gasteiger partial charge in [-0.25, -0.2) is 0 Å². The summed E-state index contributed by atoms with van der Waals surface area (Å²) in [6.45, 7) is 8.34. The fraction of sp³-hybridized carbons (Fsp3) is 0.773. The van der Waals surface area contributed by atoms with Gasteiger partial charge in [0.2, 0.25) is 5.91 Å². The normalized spacial score (nSPS) is 21.1. The van der Waals surface area contributed by atoms with Crippen LogP contribution in [0.5, 0.6) is 0 Å². The predicted molar refractivity (Wildman–Crippen MR) is 112 cm³/mol. The van der Waals surface area contributed by atoms with Gasteiger partial charge in [-0.2, -0.15) is 5.10 Å². The Morgan fingerprint density at radius 1 is 1.31 bits per heavy atom. The van der Waals surface area contributed by atoms with Gasteiger partial charge in [-0.05, 0) is 44.1 Å². The number of aromatic nitrogens is 2. The van der Waals surface area contributed by atoms with Crippen LogP contribution in [0.2, 0.25) is 0 Å². The first-order chi connectivity index (χ1) is 13.8. The summed E-state index contributed by atoms with van der Waals surface area (Å²) < 4.78 is 8.04. The van der Waals surface area contributed by atoms with E-state index in [0.717, 1.165) is 57.3 Å². The Hall–Kier alpha value is -1.89. The van der Waals surface area contributed by atoms with E-state index in [1.54, 1.807) is 4.68 Å². The second-order valence-electron chi connectivity index (χ2n) is 9.04. The average Bonchev–Trinajstić information content (AvgIpc) is 3.23. The minimum atomic E-state index is -0.120. The minimum absolute atomic E-state index is 0.0419. The van der Waals surface area contributed by atoms with Crippen molar-refractivity contribution < 1.29 is 14.3 Å². The van der Waals surface area contributed by atoms with E-state index < -0.39 is 0 Å². The highest BCUT2D eigenvalue weighted by Crippen LogP contribution is 2.38. The number of carbonyl (C=O) groups is 2. The number of ether oxygens (including phenoxy) is 1. The third-order valence-electron chi connectivity index (χ3n) is 6.11. The lowest BCUT2D eigenvalue weighted by atomic mass is 9.88. The molecule has 0 saturated carbocycles. The van der Waals surface area contributed by atoms with E-state index in [1.165, 1.54) is 0 Å². The van der Waals surface area contributed by atoms with Crippen molar-refractivity contribution >= 4 is 11.8 Å². The van der Waals surface area contributed by atoms with Gasteiger partial charge < -0.3 is 15.0 Å². The monoisotopic (exact) mass is 404 g/mol. The molecule has 0 radical (unpaired) electrons. The Labute approximate surface area is 174 Å². The van der Waals surface area contributed by atoms with E-state index in [-0.39, 0.29) is 23.5 Å². The second kappa shape index (κ2) is 9.28. The molecule has 0 aliphatic carbocycles. The highest BCUT2D eigenvalue weighted by Gasteiger charge is 2.43. The van der Waals surface area contributed by atoms with Crippen LogP contribution in [0.3, 0.4) is 0 Å². The molecular weight excluding hydrogens is 368 g/mol. The van der Waals surface area contributed by atoms with Gasteiger partial charge in [-0.3, -0.25) is 14.3 Å². The fourth-order valence-corrected chi connectivity index (χ4v) is 4.46. The van der Waals surface area contributed by atoms with Crippen LogP contribution in [0, 0.1) is 5.92 Å². The summed E-state index contributed by atoms with van der Waals surface area (Å²) in [5.74, 6) is 0.558. The third kappa shape index (κ3) is 5.38. The average molecular weight is 405 g/mol. The maximum atomic E-state index is 12.5. The zero-order valence-electron chi connectivity index (χ0n) is 18.4. The molecule has 2 aliphatic heterocycles. The Balaban J connectivity index is 1.46. The molecule has 1 aromatic heterocycles. The van der Waals surface area contributed by atoms with Crippen molar-refractivity contribution in [1.82, 2.24) is 20.0 Å². The molecule has 0 aromatic carbocycles. The molecule has 7 nitrogen and oxygen atoms in total. The van der Waals surface area contributed by atoms with Crippen molar-refractivity contribution in [2.24, 2.45) is 13.0 Å². The molecule has 1 spiro atoms. The fourth-order valence-electron chi connectivity index (χ4n) is 4.46. The number of nitrogens with one attached hydrogen (secondary N) is 1. The lowest BCUT2D eigenvalue weighted by Crippen LogP contribution is -2.47. The van der Waals surface area contributed by atoms with Crippen LogP contribution in [0.15, 0.2) is 6.07 Å². The zero-order chi connectivity index (χ0) is 21.0. The molecule has 0 unspecified atom stereocenters. The lowest BCUT2D eigenvalue weighted by Gasteiger charge is -2.39. The smallest absolute Gasteiger partial charge is 0.269 e. The molecule has 7 heteroatoms. The number of rotatable bonds is 7. The van der Waals surface area contributed by atoms with Crippen molar-refractivity contribution in [3.05, 3.63) is 17.5 Å². The SMILES string of the molecule is CCCc1cc(C(=O)NC[C@H]2CCC3(CCN(C(=O)CC(C)C)CC3)O2)n(C)n1. The highest BCUT2D eigenvalue weighted by molar-refractivity contribution is 5.92. The summed E-state index contributed by atoms with van der Waals surface area (Å²) in [7, 11) is 1.81. The van der Waals surface area contributed by atoms with Gasteiger partial charge >= 0.3 is 0 Å². The molecular formula is C22H36N4O3. The van der Waals surface area contributed by atoms with Crippen LogP contribution in [0.25, 0.3) is 0 Å². The number of carbonyl (C=O) groups excluding carboxylic acids is 2. The van der Waals surface area contributed by atoms with Crippen molar-refractivity contribution in [2.45, 2.75) is 77.4 Å². The predicted octanol–water partition coefficient (Wildman–Crippen LogP) is 2.69. The van der Waals surface area contributed by atoms with E-state index in [9.17, 15) is 9.59 Å². The molecule has 2 aliphatic rings. The van der Waals surface area contributed by atoms with Gasteiger partial charge in [0.1, 0.15) is 5.69 Å². The van der Waals surface area contributed by atoms with Crippen LogP contribution in [-0.2, 0) is 23.0 Å². The molecule has 162 valence electrons. The molecule has 2 fully saturated rings. The van der Waals surface area contributed by atoms with E-state index >= 15 is 0 Å². The topological polar surface area (TPSA) is 76.5 Å². The largest absolute Gasteiger partial charge is 0.370 e. The molecule has 1 aromatic rings. The quantitative estimate of drug-likeness (QED) is 0.758. The molecule has 3 heterocycles. The number of hydrogen-bond donors (Lipinski definition) is 1. The van der Waals surface area contributed by atoms with Gasteiger partial charge in [-0.15, -0.1) is 0 Å². The molecule has 29 heavy (non-hydrogen) atoms. The summed E-state index contributed by atoms with van der Waals surface area (Å²) in [4.78, 5) is 26.8. The van der Waals surface area contributed by atoms with Gasteiger partial charge in [-0.1, -0.05) is 27.2 Å². The standard InChI is InChI=1S/C22H36N4O3/c1-5-6-17-14-19(25(4)24-17)21(28)23-15-18-7-8-22(29-18)9-11-26(12-10-22)20(27)13-16(2)3/h14,16,18H,5-13,15H2,1-4H3,(H,23,28)/t18-/m1/s1. The van der Waals surface area contributed by atoms with E-state index in [4.69, 9.17) is 4.74 Å². The first-order valence-electron chi connectivity index (χ1n) is 11.1. The van der Waals surface area contributed by atoms with Crippen molar-refractivity contribution in [2.75, 3.05) is 19.6 Å². The van der Waals surface area contributed by atoms with Crippen LogP contribution in [0.4, 0.5) is 0 Å². The number of piperidine rings is 1. The maximum absolute atomic E-state index is 12.5. The van der Waals surface area contributed by atoms with E-state index in [0.29, 0.717) is 24.6 Å². The van der Waals surface area contributed by atoms with Gasteiger partial charge in [0.15, 0.2) is 0 Å². The van der Waals surface area contributed by atoms with Crippen LogP contribution in [0.1, 0.15) is 75.5 Å². The zero-order valence-corrected chi connectivity index (χ0v) is 18.4. The summed E-state index contributed by atoms with van der Waals surface area (Å²) >= 11 is 0. The Morgan fingerprint density at radius 3 is 2.69 bits per heavy atom. The Bertz CT molecular complexity index is 720. The molecule has 1 atom stereocenters. The van der Waals surface area contributed by atoms with E-state index in [1.807, 2.05) is 18.0 Å². The molecule has 3 rings (SSSR count). The van der Waals surface area contributed by atoms with Gasteiger partial charge in [0, 0.05) is 33.1 Å². The summed E-state index contributed by atoms with van der Waals surface area (Å²) in [6, 6.07) is 1.87. The maximum Gasteiger partial charge on any atom is 0.269 e. The summed E-state index contributed by atoms with van der Waals surface area (Å²) in [6.07, 6.45) is 6.30. The number of hydrogen-bond acceptors (Lipinski definition) is 4. The molecule has 2 saturated heterocycles. The Kier molecular flexibility index (Phi) is 6.98. The second-order valence-corrected chi connectivity index (χ2v) is 9.04. The van der Waals surface area contributed by atoms with Crippen LogP contribution >= 0.6 is 0 Å². The summed E-state index contributed by atoms with van der Waals surface area (Å²) in [5, 5.41) is 7.42. The first-order valence-corrected chi connectivity index (χ1v) is 11.1. The number of nitrogens with zero attached hydrogens (tertiary/aromatic N) is 3. The van der Waals surface area contributed by atoms with Crippen molar-refractivity contribution in [3.63, 3.8) is 0 Å². The number of likely N-dealkylation sites (tertiary alicyclic amines) is 1. The molecule has 0 bridgehead atoms. The highest BCUT2D eigenvalue weighted by atomic mass is 16.5. The molecule has 2 amide bonds. The summed E-state index contributed by atoms with van der Waals surface area (Å²) in [5.41, 5.74) is 1.43.